The Labute approximate surface area is 294 Å². The van der Waals surface area contributed by atoms with Crippen molar-refractivity contribution in [3.63, 3.8) is 0 Å². The highest BCUT2D eigenvalue weighted by atomic mass is 16.5. The number of nitriles is 1. The zero-order valence-electron chi connectivity index (χ0n) is 29.7. The van der Waals surface area contributed by atoms with Crippen LogP contribution in [0.5, 0.6) is 11.5 Å². The predicted octanol–water partition coefficient (Wildman–Crippen LogP) is 6.06. The van der Waals surface area contributed by atoms with E-state index in [1.165, 1.54) is 43.5 Å². The van der Waals surface area contributed by atoms with Crippen LogP contribution in [0.15, 0.2) is 77.9 Å². The van der Waals surface area contributed by atoms with Crippen LogP contribution in [0.4, 0.5) is 5.82 Å². The van der Waals surface area contributed by atoms with E-state index >= 15 is 0 Å². The molecule has 264 valence electrons. The number of aromatic nitrogens is 1. The van der Waals surface area contributed by atoms with Crippen molar-refractivity contribution in [3.8, 4) is 17.7 Å². The quantitative estimate of drug-likeness (QED) is 0.0461. The van der Waals surface area contributed by atoms with E-state index in [0.717, 1.165) is 88.7 Å². The average Bonchev–Trinajstić information content (AvgIpc) is 3.14. The maximum atomic E-state index is 9.17. The van der Waals surface area contributed by atoms with Gasteiger partial charge in [-0.1, -0.05) is 49.6 Å². The molecule has 2 heterocycles. The number of hydrogen-bond donors (Lipinski definition) is 2. The smallest absolute Gasteiger partial charge is 0.204 e. The minimum absolute atomic E-state index is 0.540. The number of guanidine groups is 1. The molecule has 0 atom stereocenters. The van der Waals surface area contributed by atoms with E-state index in [4.69, 9.17) is 14.7 Å². The van der Waals surface area contributed by atoms with Gasteiger partial charge in [0, 0.05) is 51.9 Å². The number of ether oxygens (including phenoxy) is 2. The lowest BCUT2D eigenvalue weighted by molar-refractivity contribution is 0.220. The van der Waals surface area contributed by atoms with Crippen molar-refractivity contribution in [1.82, 2.24) is 25.4 Å². The third-order valence-electron chi connectivity index (χ3n) is 8.79. The van der Waals surface area contributed by atoms with Crippen LogP contribution in [0, 0.1) is 11.5 Å². The Bertz CT molecular complexity index is 1390. The number of hydrogen-bond acceptors (Lipinski definition) is 8. The molecule has 1 aromatic heterocycles. The number of aliphatic imine (C=N–C) groups is 1. The topological polar surface area (TPSA) is 101 Å². The van der Waals surface area contributed by atoms with Gasteiger partial charge in [-0.3, -0.25) is 15.2 Å². The van der Waals surface area contributed by atoms with Crippen molar-refractivity contribution in [1.29, 1.82) is 5.26 Å². The van der Waals surface area contributed by atoms with E-state index in [9.17, 15) is 0 Å². The molecule has 0 amide bonds. The van der Waals surface area contributed by atoms with Gasteiger partial charge in [0.2, 0.25) is 5.96 Å². The summed E-state index contributed by atoms with van der Waals surface area (Å²) in [6.07, 6.45) is 13.1. The molecule has 49 heavy (non-hydrogen) atoms. The van der Waals surface area contributed by atoms with E-state index in [0.29, 0.717) is 19.1 Å². The fourth-order valence-corrected chi connectivity index (χ4v) is 5.98. The summed E-state index contributed by atoms with van der Waals surface area (Å²) in [6, 6.07) is 22.8. The number of benzene rings is 2. The second kappa shape index (κ2) is 22.3. The van der Waals surface area contributed by atoms with Gasteiger partial charge in [0.15, 0.2) is 6.19 Å². The molecule has 4 rings (SSSR count). The van der Waals surface area contributed by atoms with Crippen LogP contribution in [0.1, 0.15) is 62.5 Å². The summed E-state index contributed by atoms with van der Waals surface area (Å²) >= 11 is 0. The summed E-state index contributed by atoms with van der Waals surface area (Å²) in [5.74, 6) is 3.31. The number of nitrogens with one attached hydrogen (secondary N) is 2. The first-order chi connectivity index (χ1) is 24.1. The third kappa shape index (κ3) is 14.8. The maximum Gasteiger partial charge on any atom is 0.204 e. The van der Waals surface area contributed by atoms with E-state index in [1.807, 2.05) is 42.7 Å². The highest BCUT2D eigenvalue weighted by Crippen LogP contribution is 2.19. The Kier molecular flexibility index (Phi) is 17.1. The number of pyridine rings is 1. The maximum absolute atomic E-state index is 9.17. The first-order valence-electron chi connectivity index (χ1n) is 18.0. The number of likely N-dealkylation sites (N-methyl/N-ethyl adjacent to an activating group) is 1. The molecule has 1 aliphatic heterocycles. The summed E-state index contributed by atoms with van der Waals surface area (Å²) in [5.41, 5.74) is 2.54. The molecule has 3 aromatic rings. The van der Waals surface area contributed by atoms with Crippen molar-refractivity contribution in [2.75, 3.05) is 71.5 Å². The molecule has 0 aliphatic carbocycles. The molecule has 2 aromatic carbocycles. The van der Waals surface area contributed by atoms with Crippen molar-refractivity contribution in [2.24, 2.45) is 4.99 Å². The van der Waals surface area contributed by atoms with Crippen LogP contribution in [0.2, 0.25) is 0 Å². The van der Waals surface area contributed by atoms with Crippen LogP contribution in [-0.2, 0) is 13.1 Å². The van der Waals surface area contributed by atoms with Crippen LogP contribution in [0.3, 0.4) is 0 Å². The predicted molar refractivity (Wildman–Crippen MR) is 199 cm³/mol. The van der Waals surface area contributed by atoms with Gasteiger partial charge in [-0.15, -0.1) is 0 Å². The lowest BCUT2D eigenvalue weighted by Gasteiger charge is -2.27. The number of unbranched alkanes of at least 4 members (excludes halogenated alkanes) is 3. The monoisotopic (exact) mass is 668 g/mol. The number of nitrogens with zero attached hydrogens (tertiary/aromatic N) is 6. The Balaban J connectivity index is 1.06. The SMILES string of the molecule is COc1ccc(CN(CCN(C)CCCCCCNC(=NCCCOc2cccc(CN3CCCCC3)c2)NC#N)c2ccccn2)cc1. The molecule has 1 aliphatic rings. The van der Waals surface area contributed by atoms with Gasteiger partial charge in [-0.25, -0.2) is 4.98 Å². The van der Waals surface area contributed by atoms with Gasteiger partial charge in [0.05, 0.1) is 13.7 Å². The number of piperidine rings is 1. The molecule has 1 saturated heterocycles. The highest BCUT2D eigenvalue weighted by molar-refractivity contribution is 5.81. The van der Waals surface area contributed by atoms with E-state index in [1.54, 1.807) is 7.11 Å². The van der Waals surface area contributed by atoms with Crippen molar-refractivity contribution < 1.29 is 9.47 Å². The van der Waals surface area contributed by atoms with E-state index < -0.39 is 0 Å². The van der Waals surface area contributed by atoms with Crippen LogP contribution in [0.25, 0.3) is 0 Å². The summed E-state index contributed by atoms with van der Waals surface area (Å²) in [6.45, 7) is 9.06. The number of anilines is 1. The summed E-state index contributed by atoms with van der Waals surface area (Å²) < 4.78 is 11.3. The molecule has 0 bridgehead atoms. The molecule has 10 nitrogen and oxygen atoms in total. The van der Waals surface area contributed by atoms with Gasteiger partial charge in [-0.2, -0.15) is 5.26 Å². The Morgan fingerprint density at radius 2 is 1.73 bits per heavy atom. The lowest BCUT2D eigenvalue weighted by Crippen LogP contribution is -2.35. The van der Waals surface area contributed by atoms with Gasteiger partial charge in [-0.05, 0) is 99.9 Å². The van der Waals surface area contributed by atoms with Crippen molar-refractivity contribution in [2.45, 2.75) is 64.5 Å². The molecule has 0 spiro atoms. The van der Waals surface area contributed by atoms with Gasteiger partial charge in [0.1, 0.15) is 17.3 Å². The fourth-order valence-electron chi connectivity index (χ4n) is 5.98. The summed E-state index contributed by atoms with van der Waals surface area (Å²) in [4.78, 5) is 16.4. The molecular formula is C39H56N8O2. The van der Waals surface area contributed by atoms with Crippen LogP contribution >= 0.6 is 0 Å². The largest absolute Gasteiger partial charge is 0.497 e. The molecular weight excluding hydrogens is 612 g/mol. The number of methoxy groups -OCH3 is 1. The molecule has 10 heteroatoms. The third-order valence-corrected chi connectivity index (χ3v) is 8.79. The minimum atomic E-state index is 0.540. The Morgan fingerprint density at radius 1 is 0.898 bits per heavy atom. The Morgan fingerprint density at radius 3 is 2.51 bits per heavy atom. The Hall–Kier alpha value is -4.33. The van der Waals surface area contributed by atoms with E-state index in [-0.39, 0.29) is 0 Å². The van der Waals surface area contributed by atoms with E-state index in [2.05, 4.69) is 78.8 Å². The second-order valence-corrected chi connectivity index (χ2v) is 12.8. The normalized spacial score (nSPS) is 13.6. The molecule has 0 radical (unpaired) electrons. The molecule has 0 unspecified atom stereocenters. The first kappa shape index (κ1) is 37.5. The number of likely N-dealkylation sites (tertiary alicyclic amines) is 1. The van der Waals surface area contributed by atoms with Gasteiger partial charge >= 0.3 is 0 Å². The lowest BCUT2D eigenvalue weighted by atomic mass is 10.1. The molecule has 1 fully saturated rings. The first-order valence-corrected chi connectivity index (χ1v) is 18.0. The summed E-state index contributed by atoms with van der Waals surface area (Å²) in [5, 5.41) is 15.1. The zero-order valence-corrected chi connectivity index (χ0v) is 29.7. The van der Waals surface area contributed by atoms with Crippen molar-refractivity contribution in [3.05, 3.63) is 84.1 Å². The molecule has 2 N–H and O–H groups in total. The zero-order chi connectivity index (χ0) is 34.4. The van der Waals surface area contributed by atoms with Crippen molar-refractivity contribution >= 4 is 11.8 Å². The van der Waals surface area contributed by atoms with Crippen LogP contribution in [-0.4, -0.2) is 87.3 Å². The fraction of sp³-hybridized carbons (Fsp3) is 0.513. The molecule has 0 saturated carbocycles. The average molecular weight is 669 g/mol. The summed E-state index contributed by atoms with van der Waals surface area (Å²) in [7, 11) is 3.89. The number of rotatable bonds is 21. The standard InChI is InChI=1S/C39H56N8O2/c1-45(27-28-47(38-16-6-8-21-41-38)32-34-17-19-36(48-2)20-18-34)24-9-4-3-7-22-42-39(44-33-40)43-23-13-29-49-37-15-12-14-35(30-37)31-46-25-10-5-11-26-46/h6,8,12,14-21,30H,3-5,7,9-11,13,22-29,31-32H2,1-2H3,(H2,42,43,44). The highest BCUT2D eigenvalue weighted by Gasteiger charge is 2.12. The van der Waals surface area contributed by atoms with Gasteiger partial charge in [0.25, 0.3) is 0 Å². The van der Waals surface area contributed by atoms with Gasteiger partial charge < -0.3 is 24.6 Å². The second-order valence-electron chi connectivity index (χ2n) is 12.8. The van der Waals surface area contributed by atoms with Crippen LogP contribution < -0.4 is 25.0 Å². The minimum Gasteiger partial charge on any atom is -0.497 e.